The van der Waals surface area contributed by atoms with Crippen molar-refractivity contribution in [2.75, 3.05) is 41.7 Å². The van der Waals surface area contributed by atoms with Crippen molar-refractivity contribution in [1.82, 2.24) is 0 Å². The van der Waals surface area contributed by atoms with Gasteiger partial charge in [0.05, 0.1) is 6.61 Å². The lowest BCUT2D eigenvalue weighted by Crippen LogP contribution is -2.61. The second-order valence-electron chi connectivity index (χ2n) is 5.53. The third kappa shape index (κ3) is 5.44. The molecule has 5 atom stereocenters. The maximum absolute atomic E-state index is 6.00. The number of unbranched alkanes of at least 4 members (excludes halogenated alkanes) is 3. The molecule has 1 aliphatic rings. The highest BCUT2D eigenvalue weighted by Gasteiger charge is 2.47. The fourth-order valence-electron chi connectivity index (χ4n) is 2.84. The molecule has 0 saturated carbocycles. The molecule has 0 N–H and O–H groups in total. The van der Waals surface area contributed by atoms with Crippen molar-refractivity contribution in [3.05, 3.63) is 0 Å². The Labute approximate surface area is 134 Å². The normalized spacial score (nSPS) is 32.3. The zero-order chi connectivity index (χ0) is 16.4. The summed E-state index contributed by atoms with van der Waals surface area (Å²) in [4.78, 5) is 0. The van der Waals surface area contributed by atoms with E-state index in [1.54, 1.807) is 28.4 Å². The van der Waals surface area contributed by atoms with E-state index in [0.29, 0.717) is 13.2 Å². The average Bonchev–Trinajstić information content (AvgIpc) is 2.54. The fourth-order valence-corrected chi connectivity index (χ4v) is 2.84. The monoisotopic (exact) mass is 320 g/mol. The van der Waals surface area contributed by atoms with Gasteiger partial charge < -0.3 is 28.4 Å². The quantitative estimate of drug-likeness (QED) is 0.543. The summed E-state index contributed by atoms with van der Waals surface area (Å²) >= 11 is 0. The lowest BCUT2D eigenvalue weighted by Gasteiger charge is -2.44. The zero-order valence-electron chi connectivity index (χ0n) is 14.6. The Morgan fingerprint density at radius 2 is 1.50 bits per heavy atom. The summed E-state index contributed by atoms with van der Waals surface area (Å²) in [5, 5.41) is 0. The maximum atomic E-state index is 6.00. The highest BCUT2D eigenvalue weighted by Crippen LogP contribution is 2.28. The standard InChI is InChI=1S/C16H32O6/c1-6-7-8-9-10-21-16-15(20-5)14(19-4)13(18-3)12(22-16)11-17-2/h12-16H,6-11H2,1-5H3/t12-,13-,14+,15-,16+/m1/s1. The molecular weight excluding hydrogens is 288 g/mol. The Morgan fingerprint density at radius 3 is 2.05 bits per heavy atom. The first-order valence-electron chi connectivity index (χ1n) is 8.07. The number of hydrogen-bond acceptors (Lipinski definition) is 6. The van der Waals surface area contributed by atoms with E-state index in [2.05, 4.69) is 6.92 Å². The number of ether oxygens (including phenoxy) is 6. The molecule has 22 heavy (non-hydrogen) atoms. The number of methoxy groups -OCH3 is 4. The van der Waals surface area contributed by atoms with Crippen molar-refractivity contribution >= 4 is 0 Å². The Morgan fingerprint density at radius 1 is 0.818 bits per heavy atom. The first-order chi connectivity index (χ1) is 10.7. The topological polar surface area (TPSA) is 55.4 Å². The molecule has 0 amide bonds. The molecule has 1 aliphatic heterocycles. The van der Waals surface area contributed by atoms with E-state index in [1.807, 2.05) is 0 Å². The molecule has 0 aromatic rings. The highest BCUT2D eigenvalue weighted by atomic mass is 16.7. The van der Waals surface area contributed by atoms with E-state index < -0.39 is 6.29 Å². The van der Waals surface area contributed by atoms with Gasteiger partial charge in [-0.2, -0.15) is 0 Å². The fraction of sp³-hybridized carbons (Fsp3) is 1.00. The van der Waals surface area contributed by atoms with Crippen LogP contribution >= 0.6 is 0 Å². The summed E-state index contributed by atoms with van der Waals surface area (Å²) in [5.41, 5.74) is 0. The van der Waals surface area contributed by atoms with Crippen molar-refractivity contribution in [2.45, 2.75) is 63.3 Å². The predicted octanol–water partition coefficient (Wildman–Crippen LogP) is 2.00. The van der Waals surface area contributed by atoms with Gasteiger partial charge in [0.2, 0.25) is 0 Å². The number of hydrogen-bond donors (Lipinski definition) is 0. The molecule has 1 rings (SSSR count). The SMILES string of the molecule is CCCCCCO[C@H]1O[C@H](COC)[C@@H](OC)[C@H](OC)[C@H]1OC. The van der Waals surface area contributed by atoms with E-state index in [4.69, 9.17) is 28.4 Å². The lowest BCUT2D eigenvalue weighted by atomic mass is 9.98. The predicted molar refractivity (Wildman–Crippen MR) is 83.0 cm³/mol. The van der Waals surface area contributed by atoms with Crippen LogP contribution < -0.4 is 0 Å². The summed E-state index contributed by atoms with van der Waals surface area (Å²) in [6.45, 7) is 3.26. The first kappa shape index (κ1) is 19.8. The van der Waals surface area contributed by atoms with Crippen LogP contribution in [0.4, 0.5) is 0 Å². The summed E-state index contributed by atoms with van der Waals surface area (Å²) in [6, 6.07) is 0. The Kier molecular flexibility index (Phi) is 10.2. The molecule has 0 bridgehead atoms. The molecule has 0 unspecified atom stereocenters. The van der Waals surface area contributed by atoms with Crippen LogP contribution in [0, 0.1) is 0 Å². The summed E-state index contributed by atoms with van der Waals surface area (Å²) in [6.07, 6.45) is 3.06. The Hall–Kier alpha value is -0.240. The summed E-state index contributed by atoms with van der Waals surface area (Å²) in [7, 11) is 6.56. The Balaban J connectivity index is 2.64. The average molecular weight is 320 g/mol. The van der Waals surface area contributed by atoms with Crippen molar-refractivity contribution < 1.29 is 28.4 Å². The smallest absolute Gasteiger partial charge is 0.186 e. The van der Waals surface area contributed by atoms with Crippen molar-refractivity contribution in [3.8, 4) is 0 Å². The van der Waals surface area contributed by atoms with Gasteiger partial charge in [-0.05, 0) is 6.42 Å². The van der Waals surface area contributed by atoms with Crippen LogP contribution in [-0.4, -0.2) is 72.4 Å². The maximum Gasteiger partial charge on any atom is 0.186 e. The van der Waals surface area contributed by atoms with Gasteiger partial charge in [-0.15, -0.1) is 0 Å². The van der Waals surface area contributed by atoms with Crippen LogP contribution in [0.15, 0.2) is 0 Å². The molecule has 6 heteroatoms. The minimum absolute atomic E-state index is 0.244. The minimum atomic E-state index is -0.469. The molecule has 6 nitrogen and oxygen atoms in total. The van der Waals surface area contributed by atoms with Crippen molar-refractivity contribution in [2.24, 2.45) is 0 Å². The largest absolute Gasteiger partial charge is 0.382 e. The van der Waals surface area contributed by atoms with Crippen LogP contribution in [-0.2, 0) is 28.4 Å². The van der Waals surface area contributed by atoms with Crippen molar-refractivity contribution in [3.63, 3.8) is 0 Å². The van der Waals surface area contributed by atoms with E-state index in [1.165, 1.54) is 12.8 Å². The first-order valence-corrected chi connectivity index (χ1v) is 8.07. The van der Waals surface area contributed by atoms with E-state index in [-0.39, 0.29) is 24.4 Å². The molecule has 0 spiro atoms. The van der Waals surface area contributed by atoms with Crippen LogP contribution in [0.25, 0.3) is 0 Å². The van der Waals surface area contributed by atoms with Gasteiger partial charge in [0.25, 0.3) is 0 Å². The molecule has 0 aromatic heterocycles. The third-order valence-corrected chi connectivity index (χ3v) is 4.02. The number of rotatable bonds is 11. The van der Waals surface area contributed by atoms with Gasteiger partial charge in [0.15, 0.2) is 6.29 Å². The zero-order valence-corrected chi connectivity index (χ0v) is 14.6. The second kappa shape index (κ2) is 11.3. The van der Waals surface area contributed by atoms with Crippen LogP contribution in [0.1, 0.15) is 32.6 Å². The van der Waals surface area contributed by atoms with Crippen LogP contribution in [0.3, 0.4) is 0 Å². The second-order valence-corrected chi connectivity index (χ2v) is 5.53. The van der Waals surface area contributed by atoms with E-state index in [0.717, 1.165) is 12.8 Å². The molecule has 1 fully saturated rings. The third-order valence-electron chi connectivity index (χ3n) is 4.02. The molecule has 0 radical (unpaired) electrons. The molecule has 1 saturated heterocycles. The molecular formula is C16H32O6. The van der Waals surface area contributed by atoms with Crippen LogP contribution in [0.2, 0.25) is 0 Å². The van der Waals surface area contributed by atoms with Crippen molar-refractivity contribution in [1.29, 1.82) is 0 Å². The molecule has 1 heterocycles. The Bertz CT molecular complexity index is 275. The molecule has 0 aromatic carbocycles. The van der Waals surface area contributed by atoms with E-state index >= 15 is 0 Å². The summed E-state index contributed by atoms with van der Waals surface area (Å²) in [5.74, 6) is 0. The van der Waals surface area contributed by atoms with Crippen LogP contribution in [0.5, 0.6) is 0 Å². The highest BCUT2D eigenvalue weighted by molar-refractivity contribution is 4.92. The van der Waals surface area contributed by atoms with Gasteiger partial charge in [-0.1, -0.05) is 26.2 Å². The van der Waals surface area contributed by atoms with Gasteiger partial charge in [0, 0.05) is 35.0 Å². The molecule has 132 valence electrons. The van der Waals surface area contributed by atoms with Gasteiger partial charge >= 0.3 is 0 Å². The van der Waals surface area contributed by atoms with Gasteiger partial charge in [-0.25, -0.2) is 0 Å². The minimum Gasteiger partial charge on any atom is -0.382 e. The van der Waals surface area contributed by atoms with Gasteiger partial charge in [0.1, 0.15) is 24.4 Å². The lowest BCUT2D eigenvalue weighted by molar-refractivity contribution is -0.313. The van der Waals surface area contributed by atoms with Gasteiger partial charge in [-0.3, -0.25) is 0 Å². The summed E-state index contributed by atoms with van der Waals surface area (Å²) < 4.78 is 33.8. The molecule has 0 aliphatic carbocycles. The van der Waals surface area contributed by atoms with E-state index in [9.17, 15) is 0 Å².